The van der Waals surface area contributed by atoms with Crippen molar-refractivity contribution < 1.29 is 5.11 Å². The predicted octanol–water partition coefficient (Wildman–Crippen LogP) is 2.38. The van der Waals surface area contributed by atoms with Crippen molar-refractivity contribution in [2.24, 2.45) is 17.8 Å². The molecule has 0 aromatic rings. The van der Waals surface area contributed by atoms with E-state index in [4.69, 9.17) is 0 Å². The average Bonchev–Trinajstić information content (AvgIpc) is 2.08. The molecule has 1 aliphatic rings. The lowest BCUT2D eigenvalue weighted by atomic mass is 9.74. The van der Waals surface area contributed by atoms with Crippen LogP contribution in [0.4, 0.5) is 0 Å². The first-order valence-corrected chi connectivity index (χ1v) is 4.62. The Bertz CT molecular complexity index is 156. The van der Waals surface area contributed by atoms with E-state index in [1.54, 1.807) is 0 Å². The van der Waals surface area contributed by atoms with Gasteiger partial charge in [-0.15, -0.1) is 13.2 Å². The van der Waals surface area contributed by atoms with Gasteiger partial charge < -0.3 is 5.11 Å². The summed E-state index contributed by atoms with van der Waals surface area (Å²) in [5, 5.41) is 9.80. The van der Waals surface area contributed by atoms with Gasteiger partial charge in [0.2, 0.25) is 0 Å². The minimum absolute atomic E-state index is 0.254. The van der Waals surface area contributed by atoms with Crippen LogP contribution in [0.25, 0.3) is 0 Å². The SMILES string of the molecule is C=CC1CC(C)CC(C=C)C1O. The standard InChI is InChI=1S/C11H18O/c1-4-9-6-8(3)7-10(5-2)11(9)12/h4-5,8-12H,1-2,6-7H2,3H3. The molecule has 0 aromatic heterocycles. The highest BCUT2D eigenvalue weighted by atomic mass is 16.3. The fraction of sp³-hybridized carbons (Fsp3) is 0.636. The molecule has 2 unspecified atom stereocenters. The lowest BCUT2D eigenvalue weighted by Gasteiger charge is -2.35. The monoisotopic (exact) mass is 166 g/mol. The maximum absolute atomic E-state index is 9.80. The van der Waals surface area contributed by atoms with Gasteiger partial charge in [-0.1, -0.05) is 19.1 Å². The van der Waals surface area contributed by atoms with Crippen LogP contribution in [0.5, 0.6) is 0 Å². The smallest absolute Gasteiger partial charge is 0.0665 e. The van der Waals surface area contributed by atoms with E-state index in [9.17, 15) is 5.11 Å². The van der Waals surface area contributed by atoms with Gasteiger partial charge in [-0.25, -0.2) is 0 Å². The average molecular weight is 166 g/mol. The highest BCUT2D eigenvalue weighted by Gasteiger charge is 2.31. The normalized spacial score (nSPS) is 42.2. The van der Waals surface area contributed by atoms with E-state index in [-0.39, 0.29) is 17.9 Å². The maximum atomic E-state index is 9.80. The van der Waals surface area contributed by atoms with Gasteiger partial charge in [0.25, 0.3) is 0 Å². The van der Waals surface area contributed by atoms with Crippen molar-refractivity contribution in [2.75, 3.05) is 0 Å². The summed E-state index contributed by atoms with van der Waals surface area (Å²) < 4.78 is 0. The molecule has 1 N–H and O–H groups in total. The molecule has 0 radical (unpaired) electrons. The molecular formula is C11H18O. The van der Waals surface area contributed by atoms with Crippen molar-refractivity contribution >= 4 is 0 Å². The van der Waals surface area contributed by atoms with Crippen LogP contribution in [0.3, 0.4) is 0 Å². The molecule has 1 heteroatoms. The molecule has 1 fully saturated rings. The van der Waals surface area contributed by atoms with Crippen molar-refractivity contribution in [2.45, 2.75) is 25.9 Å². The van der Waals surface area contributed by atoms with Gasteiger partial charge in [0.1, 0.15) is 0 Å². The summed E-state index contributed by atoms with van der Waals surface area (Å²) in [6.07, 6.45) is 5.62. The molecule has 0 amide bonds. The fourth-order valence-corrected chi connectivity index (χ4v) is 2.09. The summed E-state index contributed by atoms with van der Waals surface area (Å²) in [7, 11) is 0. The molecule has 1 nitrogen and oxygen atoms in total. The van der Waals surface area contributed by atoms with E-state index in [0.29, 0.717) is 5.92 Å². The quantitative estimate of drug-likeness (QED) is 0.624. The summed E-state index contributed by atoms with van der Waals surface area (Å²) in [5.74, 6) is 1.20. The fourth-order valence-electron chi connectivity index (χ4n) is 2.09. The van der Waals surface area contributed by atoms with Gasteiger partial charge in [0, 0.05) is 11.8 Å². The molecule has 0 spiro atoms. The number of rotatable bonds is 2. The van der Waals surface area contributed by atoms with Gasteiger partial charge in [-0.3, -0.25) is 0 Å². The van der Waals surface area contributed by atoms with Crippen LogP contribution in [0.15, 0.2) is 25.3 Å². The van der Waals surface area contributed by atoms with E-state index in [0.717, 1.165) is 12.8 Å². The van der Waals surface area contributed by atoms with E-state index in [2.05, 4.69) is 20.1 Å². The third-order valence-electron chi connectivity index (χ3n) is 2.83. The molecule has 68 valence electrons. The van der Waals surface area contributed by atoms with E-state index >= 15 is 0 Å². The second-order valence-electron chi connectivity index (χ2n) is 3.87. The molecule has 0 bridgehead atoms. The van der Waals surface area contributed by atoms with Crippen LogP contribution in [0.2, 0.25) is 0 Å². The Morgan fingerprint density at radius 3 is 1.92 bits per heavy atom. The van der Waals surface area contributed by atoms with E-state index in [1.165, 1.54) is 0 Å². The molecule has 0 aromatic carbocycles. The predicted molar refractivity (Wildman–Crippen MR) is 51.8 cm³/mol. The minimum atomic E-state index is -0.254. The largest absolute Gasteiger partial charge is 0.392 e. The summed E-state index contributed by atoms with van der Waals surface area (Å²) in [4.78, 5) is 0. The third-order valence-corrected chi connectivity index (χ3v) is 2.83. The van der Waals surface area contributed by atoms with Crippen molar-refractivity contribution in [3.8, 4) is 0 Å². The minimum Gasteiger partial charge on any atom is -0.392 e. The molecular weight excluding hydrogens is 148 g/mol. The Morgan fingerprint density at radius 2 is 1.58 bits per heavy atom. The first-order chi connectivity index (χ1) is 5.69. The molecule has 0 saturated heterocycles. The summed E-state index contributed by atoms with van der Waals surface area (Å²) in [6, 6.07) is 0. The number of aliphatic hydroxyl groups is 1. The summed E-state index contributed by atoms with van der Waals surface area (Å²) in [6.45, 7) is 9.71. The Labute approximate surface area is 74.8 Å². The Kier molecular flexibility index (Phi) is 3.10. The first-order valence-electron chi connectivity index (χ1n) is 4.62. The molecule has 0 heterocycles. The molecule has 0 aliphatic heterocycles. The van der Waals surface area contributed by atoms with Crippen LogP contribution >= 0.6 is 0 Å². The molecule has 1 saturated carbocycles. The van der Waals surface area contributed by atoms with Crippen molar-refractivity contribution in [3.63, 3.8) is 0 Å². The van der Waals surface area contributed by atoms with Crippen LogP contribution in [0, 0.1) is 17.8 Å². The second-order valence-corrected chi connectivity index (χ2v) is 3.87. The summed E-state index contributed by atoms with van der Waals surface area (Å²) in [5.41, 5.74) is 0. The topological polar surface area (TPSA) is 20.2 Å². The number of hydrogen-bond donors (Lipinski definition) is 1. The van der Waals surface area contributed by atoms with Gasteiger partial charge in [-0.05, 0) is 18.8 Å². The van der Waals surface area contributed by atoms with Crippen molar-refractivity contribution in [1.82, 2.24) is 0 Å². The van der Waals surface area contributed by atoms with Crippen LogP contribution in [-0.4, -0.2) is 11.2 Å². The van der Waals surface area contributed by atoms with Gasteiger partial charge in [0.15, 0.2) is 0 Å². The lowest BCUT2D eigenvalue weighted by Crippen LogP contribution is -2.34. The van der Waals surface area contributed by atoms with E-state index in [1.807, 2.05) is 12.2 Å². The zero-order valence-electron chi connectivity index (χ0n) is 7.74. The van der Waals surface area contributed by atoms with Crippen LogP contribution in [-0.2, 0) is 0 Å². The van der Waals surface area contributed by atoms with E-state index < -0.39 is 0 Å². The zero-order valence-corrected chi connectivity index (χ0v) is 7.74. The van der Waals surface area contributed by atoms with Crippen molar-refractivity contribution in [3.05, 3.63) is 25.3 Å². The van der Waals surface area contributed by atoms with Crippen molar-refractivity contribution in [1.29, 1.82) is 0 Å². The van der Waals surface area contributed by atoms with Gasteiger partial charge >= 0.3 is 0 Å². The van der Waals surface area contributed by atoms with Crippen LogP contribution < -0.4 is 0 Å². The second kappa shape index (κ2) is 3.90. The highest BCUT2D eigenvalue weighted by molar-refractivity contribution is 4.98. The third kappa shape index (κ3) is 1.78. The molecule has 1 rings (SSSR count). The lowest BCUT2D eigenvalue weighted by molar-refractivity contribution is 0.0394. The van der Waals surface area contributed by atoms with Gasteiger partial charge in [0.05, 0.1) is 6.10 Å². The number of hydrogen-bond acceptors (Lipinski definition) is 1. The Hall–Kier alpha value is -0.560. The Morgan fingerprint density at radius 1 is 1.17 bits per heavy atom. The van der Waals surface area contributed by atoms with Gasteiger partial charge in [-0.2, -0.15) is 0 Å². The summed E-state index contributed by atoms with van der Waals surface area (Å²) >= 11 is 0. The molecule has 2 atom stereocenters. The maximum Gasteiger partial charge on any atom is 0.0665 e. The Balaban J connectivity index is 2.66. The molecule has 1 aliphatic carbocycles. The zero-order chi connectivity index (χ0) is 9.14. The van der Waals surface area contributed by atoms with Crippen LogP contribution in [0.1, 0.15) is 19.8 Å². The number of aliphatic hydroxyl groups excluding tert-OH is 1. The molecule has 12 heavy (non-hydrogen) atoms. The first kappa shape index (κ1) is 9.53. The highest BCUT2D eigenvalue weighted by Crippen LogP contribution is 2.34.